The van der Waals surface area contributed by atoms with E-state index in [9.17, 15) is 10.1 Å². The molecular formula is C18H22N2O2. The number of hydrogen-bond donors (Lipinski definition) is 1. The van der Waals surface area contributed by atoms with Gasteiger partial charge in [-0.2, -0.15) is 5.26 Å². The molecule has 2 rings (SSSR count). The second kappa shape index (κ2) is 7.65. The zero-order valence-electron chi connectivity index (χ0n) is 13.1. The van der Waals surface area contributed by atoms with E-state index in [-0.39, 0.29) is 23.6 Å². The van der Waals surface area contributed by atoms with Crippen molar-refractivity contribution in [3.8, 4) is 11.8 Å². The number of para-hydroxylation sites is 1. The minimum Gasteiger partial charge on any atom is -0.490 e. The number of amides is 1. The number of nitrogens with one attached hydrogen (secondary N) is 1. The van der Waals surface area contributed by atoms with Gasteiger partial charge in [-0.15, -0.1) is 0 Å². The van der Waals surface area contributed by atoms with Gasteiger partial charge in [-0.1, -0.05) is 31.0 Å². The van der Waals surface area contributed by atoms with Crippen LogP contribution in [0.25, 0.3) is 6.08 Å². The summed E-state index contributed by atoms with van der Waals surface area (Å²) >= 11 is 0. The van der Waals surface area contributed by atoms with Crippen LogP contribution in [0.5, 0.6) is 5.75 Å². The van der Waals surface area contributed by atoms with Crippen LogP contribution in [-0.2, 0) is 4.79 Å². The number of hydrogen-bond acceptors (Lipinski definition) is 3. The summed E-state index contributed by atoms with van der Waals surface area (Å²) in [5, 5.41) is 12.2. The molecular weight excluding hydrogens is 276 g/mol. The van der Waals surface area contributed by atoms with Crippen molar-refractivity contribution in [2.24, 2.45) is 0 Å². The first-order valence-electron chi connectivity index (χ1n) is 7.78. The van der Waals surface area contributed by atoms with E-state index in [4.69, 9.17) is 4.74 Å². The van der Waals surface area contributed by atoms with Gasteiger partial charge in [0.2, 0.25) is 0 Å². The Bertz CT molecular complexity index is 593. The van der Waals surface area contributed by atoms with Gasteiger partial charge in [-0.05, 0) is 38.8 Å². The largest absolute Gasteiger partial charge is 0.490 e. The highest BCUT2D eigenvalue weighted by Gasteiger charge is 2.19. The third kappa shape index (κ3) is 4.36. The number of ether oxygens (including phenoxy) is 1. The van der Waals surface area contributed by atoms with Gasteiger partial charge in [0.15, 0.2) is 0 Å². The van der Waals surface area contributed by atoms with Crippen LogP contribution in [0, 0.1) is 11.3 Å². The smallest absolute Gasteiger partial charge is 0.262 e. The molecule has 4 heteroatoms. The Hall–Kier alpha value is -2.28. The van der Waals surface area contributed by atoms with Crippen LogP contribution in [0.2, 0.25) is 0 Å². The average molecular weight is 298 g/mol. The van der Waals surface area contributed by atoms with E-state index in [0.29, 0.717) is 5.75 Å². The Balaban J connectivity index is 2.17. The van der Waals surface area contributed by atoms with Crippen LogP contribution in [0.1, 0.15) is 45.1 Å². The molecule has 1 fully saturated rings. The van der Waals surface area contributed by atoms with E-state index in [1.165, 1.54) is 0 Å². The second-order valence-corrected chi connectivity index (χ2v) is 5.83. The Morgan fingerprint density at radius 3 is 2.68 bits per heavy atom. The van der Waals surface area contributed by atoms with Crippen molar-refractivity contribution in [3.05, 3.63) is 35.4 Å². The summed E-state index contributed by atoms with van der Waals surface area (Å²) in [6.45, 7) is 3.89. The van der Waals surface area contributed by atoms with Gasteiger partial charge in [0.05, 0.1) is 6.10 Å². The first-order chi connectivity index (χ1) is 10.6. The number of nitrogens with zero attached hydrogens (tertiary/aromatic N) is 1. The Morgan fingerprint density at radius 2 is 2.05 bits per heavy atom. The second-order valence-electron chi connectivity index (χ2n) is 5.83. The molecule has 1 amide bonds. The van der Waals surface area contributed by atoms with E-state index in [0.717, 1.165) is 31.2 Å². The van der Waals surface area contributed by atoms with Crippen LogP contribution >= 0.6 is 0 Å². The fraction of sp³-hybridized carbons (Fsp3) is 0.444. The van der Waals surface area contributed by atoms with Crippen LogP contribution in [0.4, 0.5) is 0 Å². The first-order valence-corrected chi connectivity index (χ1v) is 7.78. The lowest BCUT2D eigenvalue weighted by Crippen LogP contribution is -2.33. The third-order valence-corrected chi connectivity index (χ3v) is 3.64. The molecule has 1 aliphatic carbocycles. The van der Waals surface area contributed by atoms with Crippen molar-refractivity contribution in [2.45, 2.75) is 51.7 Å². The van der Waals surface area contributed by atoms with Crippen molar-refractivity contribution in [1.29, 1.82) is 5.26 Å². The summed E-state index contributed by atoms with van der Waals surface area (Å²) in [7, 11) is 0. The molecule has 0 radical (unpaired) electrons. The maximum Gasteiger partial charge on any atom is 0.262 e. The summed E-state index contributed by atoms with van der Waals surface area (Å²) < 4.78 is 5.72. The summed E-state index contributed by atoms with van der Waals surface area (Å²) in [5.74, 6) is 0.382. The monoisotopic (exact) mass is 298 g/mol. The standard InChI is InChI=1S/C18H22N2O2/c1-13(2)22-17-10-6-3-7-14(17)11-15(12-19)18(21)20-16-8-4-5-9-16/h3,6-7,10-11,13,16H,4-5,8-9H2,1-2H3,(H,20,21). The molecule has 1 aromatic carbocycles. The quantitative estimate of drug-likeness (QED) is 0.669. The van der Waals surface area contributed by atoms with Gasteiger partial charge in [0.1, 0.15) is 17.4 Å². The number of rotatable bonds is 5. The fourth-order valence-corrected chi connectivity index (χ4v) is 2.60. The lowest BCUT2D eigenvalue weighted by Gasteiger charge is -2.13. The van der Waals surface area contributed by atoms with E-state index >= 15 is 0 Å². The highest BCUT2D eigenvalue weighted by Crippen LogP contribution is 2.23. The zero-order chi connectivity index (χ0) is 15.9. The van der Waals surface area contributed by atoms with Crippen LogP contribution in [0.15, 0.2) is 29.8 Å². The normalized spacial score (nSPS) is 15.6. The van der Waals surface area contributed by atoms with Gasteiger partial charge in [-0.3, -0.25) is 4.79 Å². The molecule has 0 heterocycles. The molecule has 1 aromatic rings. The van der Waals surface area contributed by atoms with E-state index < -0.39 is 0 Å². The SMILES string of the molecule is CC(C)Oc1ccccc1C=C(C#N)C(=O)NC1CCCC1. The van der Waals surface area contributed by atoms with Gasteiger partial charge < -0.3 is 10.1 Å². The Labute approximate surface area is 131 Å². The van der Waals surface area contributed by atoms with Crippen molar-refractivity contribution in [3.63, 3.8) is 0 Å². The van der Waals surface area contributed by atoms with Crippen molar-refractivity contribution in [1.82, 2.24) is 5.32 Å². The van der Waals surface area contributed by atoms with Crippen LogP contribution in [-0.4, -0.2) is 18.1 Å². The zero-order valence-corrected chi connectivity index (χ0v) is 13.1. The maximum atomic E-state index is 12.2. The summed E-state index contributed by atoms with van der Waals surface area (Å²) in [4.78, 5) is 12.2. The Kier molecular flexibility index (Phi) is 5.60. The van der Waals surface area contributed by atoms with Crippen molar-refractivity contribution >= 4 is 12.0 Å². The highest BCUT2D eigenvalue weighted by molar-refractivity contribution is 6.02. The van der Waals surface area contributed by atoms with Gasteiger partial charge in [0, 0.05) is 11.6 Å². The highest BCUT2D eigenvalue weighted by atomic mass is 16.5. The lowest BCUT2D eigenvalue weighted by atomic mass is 10.1. The number of carbonyl (C=O) groups is 1. The van der Waals surface area contributed by atoms with Crippen LogP contribution in [0.3, 0.4) is 0 Å². The molecule has 4 nitrogen and oxygen atoms in total. The van der Waals surface area contributed by atoms with E-state index in [1.54, 1.807) is 6.08 Å². The minimum absolute atomic E-state index is 0.0346. The fourth-order valence-electron chi connectivity index (χ4n) is 2.60. The van der Waals surface area contributed by atoms with Crippen molar-refractivity contribution < 1.29 is 9.53 Å². The van der Waals surface area contributed by atoms with Gasteiger partial charge >= 0.3 is 0 Å². The number of carbonyl (C=O) groups excluding carboxylic acids is 1. The summed E-state index contributed by atoms with van der Waals surface area (Å²) in [6, 6.07) is 9.63. The molecule has 0 unspecified atom stereocenters. The van der Waals surface area contributed by atoms with E-state index in [2.05, 4.69) is 5.32 Å². The van der Waals surface area contributed by atoms with Gasteiger partial charge in [-0.25, -0.2) is 0 Å². The molecule has 0 aliphatic heterocycles. The summed E-state index contributed by atoms with van der Waals surface area (Å²) in [5.41, 5.74) is 0.862. The molecule has 1 N–H and O–H groups in total. The van der Waals surface area contributed by atoms with Gasteiger partial charge in [0.25, 0.3) is 5.91 Å². The van der Waals surface area contributed by atoms with Crippen LogP contribution < -0.4 is 10.1 Å². The third-order valence-electron chi connectivity index (χ3n) is 3.64. The number of benzene rings is 1. The first kappa shape index (κ1) is 16.1. The molecule has 1 aliphatic rings. The molecule has 1 saturated carbocycles. The topological polar surface area (TPSA) is 62.1 Å². The number of nitriles is 1. The molecule has 0 saturated heterocycles. The van der Waals surface area contributed by atoms with Crippen molar-refractivity contribution in [2.75, 3.05) is 0 Å². The predicted octanol–water partition coefficient (Wildman–Crippen LogP) is 3.44. The molecule has 0 aromatic heterocycles. The maximum absolute atomic E-state index is 12.2. The predicted molar refractivity (Wildman–Crippen MR) is 86.2 cm³/mol. The molecule has 116 valence electrons. The minimum atomic E-state index is -0.297. The van der Waals surface area contributed by atoms with E-state index in [1.807, 2.05) is 44.2 Å². The molecule has 0 spiro atoms. The lowest BCUT2D eigenvalue weighted by molar-refractivity contribution is -0.117. The molecule has 22 heavy (non-hydrogen) atoms. The molecule has 0 bridgehead atoms. The molecule has 0 atom stereocenters. The summed E-state index contributed by atoms with van der Waals surface area (Å²) in [6.07, 6.45) is 5.91. The Morgan fingerprint density at radius 1 is 1.36 bits per heavy atom. The average Bonchev–Trinajstić information content (AvgIpc) is 2.98.